The second kappa shape index (κ2) is 8.72. The number of benzene rings is 2. The highest BCUT2D eigenvalue weighted by Gasteiger charge is 2.16. The zero-order valence-electron chi connectivity index (χ0n) is 20.0. The molecular formula is C26H30N8. The van der Waals surface area contributed by atoms with Crippen LogP contribution in [0.3, 0.4) is 0 Å². The Hall–Kier alpha value is -4.04. The van der Waals surface area contributed by atoms with Crippen molar-refractivity contribution in [3.05, 3.63) is 60.4 Å². The first kappa shape index (κ1) is 21.8. The molecule has 5 aromatic rings. The monoisotopic (exact) mass is 454 g/mol. The van der Waals surface area contributed by atoms with Crippen LogP contribution in [-0.2, 0) is 0 Å². The van der Waals surface area contributed by atoms with Gasteiger partial charge in [-0.1, -0.05) is 18.2 Å². The van der Waals surface area contributed by atoms with Crippen LogP contribution in [0.25, 0.3) is 33.2 Å². The summed E-state index contributed by atoms with van der Waals surface area (Å²) in [7, 11) is 6.19. The lowest BCUT2D eigenvalue weighted by Gasteiger charge is -2.23. The van der Waals surface area contributed by atoms with Crippen LogP contribution in [-0.4, -0.2) is 59.1 Å². The van der Waals surface area contributed by atoms with Crippen LogP contribution in [0.4, 0.5) is 23.0 Å². The van der Waals surface area contributed by atoms with Crippen molar-refractivity contribution >= 4 is 44.9 Å². The average Bonchev–Trinajstić information content (AvgIpc) is 3.45. The van der Waals surface area contributed by atoms with Gasteiger partial charge in [0.15, 0.2) is 0 Å². The molecule has 3 heterocycles. The highest BCUT2D eigenvalue weighted by molar-refractivity contribution is 6.03. The van der Waals surface area contributed by atoms with Crippen LogP contribution < -0.4 is 16.0 Å². The summed E-state index contributed by atoms with van der Waals surface area (Å²) < 4.78 is 0. The lowest BCUT2D eigenvalue weighted by Crippen LogP contribution is -2.28. The van der Waals surface area contributed by atoms with Crippen molar-refractivity contribution in [3.8, 4) is 11.3 Å². The minimum Gasteiger partial charge on any atom is -0.397 e. The lowest BCUT2D eigenvalue weighted by molar-refractivity contribution is 0.416. The summed E-state index contributed by atoms with van der Waals surface area (Å²) in [6.45, 7) is 3.95. The number of aromatic nitrogens is 4. The van der Waals surface area contributed by atoms with E-state index in [4.69, 9.17) is 10.7 Å². The Morgan fingerprint density at radius 3 is 2.62 bits per heavy atom. The van der Waals surface area contributed by atoms with E-state index in [0.29, 0.717) is 11.6 Å². The van der Waals surface area contributed by atoms with Gasteiger partial charge in [0.2, 0.25) is 5.95 Å². The highest BCUT2D eigenvalue weighted by Crippen LogP contribution is 2.34. The number of hydrogen-bond donors (Lipinski definition) is 4. The molecule has 8 heteroatoms. The Labute approximate surface area is 198 Å². The quantitative estimate of drug-likeness (QED) is 0.265. The van der Waals surface area contributed by atoms with E-state index in [2.05, 4.69) is 76.3 Å². The van der Waals surface area contributed by atoms with Gasteiger partial charge < -0.3 is 30.8 Å². The van der Waals surface area contributed by atoms with Crippen LogP contribution in [0.2, 0.25) is 0 Å². The number of likely N-dealkylation sites (N-methyl/N-ethyl adjacent to an activating group) is 2. The molecule has 174 valence electrons. The van der Waals surface area contributed by atoms with Gasteiger partial charge in [-0.25, -0.2) is 4.98 Å². The predicted octanol–water partition coefficient (Wildman–Crippen LogP) is 4.74. The van der Waals surface area contributed by atoms with E-state index in [1.807, 2.05) is 36.7 Å². The molecule has 34 heavy (non-hydrogen) atoms. The second-order valence-corrected chi connectivity index (χ2v) is 8.96. The van der Waals surface area contributed by atoms with Gasteiger partial charge in [0.25, 0.3) is 0 Å². The van der Waals surface area contributed by atoms with Crippen molar-refractivity contribution in [1.82, 2.24) is 24.8 Å². The Balaban J connectivity index is 1.49. The van der Waals surface area contributed by atoms with Gasteiger partial charge in [0.05, 0.1) is 17.1 Å². The van der Waals surface area contributed by atoms with Crippen molar-refractivity contribution in [3.63, 3.8) is 0 Å². The van der Waals surface area contributed by atoms with Crippen molar-refractivity contribution < 1.29 is 0 Å². The fourth-order valence-electron chi connectivity index (χ4n) is 4.28. The zero-order valence-corrected chi connectivity index (χ0v) is 20.0. The number of aromatic amines is 2. The molecule has 0 aliphatic rings. The summed E-state index contributed by atoms with van der Waals surface area (Å²) in [5.41, 5.74) is 14.0. The van der Waals surface area contributed by atoms with Gasteiger partial charge in [-0.2, -0.15) is 4.98 Å². The third-order valence-electron chi connectivity index (χ3n) is 6.17. The van der Waals surface area contributed by atoms with Crippen LogP contribution in [0.1, 0.15) is 5.56 Å². The van der Waals surface area contributed by atoms with E-state index in [-0.39, 0.29) is 0 Å². The first-order valence-corrected chi connectivity index (χ1v) is 11.4. The normalized spacial score (nSPS) is 11.6. The molecule has 8 nitrogen and oxygen atoms in total. The van der Waals surface area contributed by atoms with E-state index in [9.17, 15) is 0 Å². The number of nitrogens with zero attached hydrogens (tertiary/aromatic N) is 4. The molecule has 0 saturated carbocycles. The standard InChI is InChI=1S/C26H30N8/c1-16-6-5-7-18-20(15-29-23(16)18)24-19-10-11-28-25(19)32-26(31-24)30-17-8-9-22(21(27)14-17)34(4)13-12-33(2)3/h5-11,14-15,29H,12-13,27H2,1-4H3,(H2,28,30,31,32). The lowest BCUT2D eigenvalue weighted by atomic mass is 10.1. The number of anilines is 4. The number of nitrogens with one attached hydrogen (secondary N) is 3. The van der Waals surface area contributed by atoms with Gasteiger partial charge in [-0.15, -0.1) is 0 Å². The van der Waals surface area contributed by atoms with Crippen molar-refractivity contribution in [2.75, 3.05) is 50.2 Å². The van der Waals surface area contributed by atoms with E-state index >= 15 is 0 Å². The summed E-state index contributed by atoms with van der Waals surface area (Å²) in [5.74, 6) is 0.514. The number of nitrogens with two attached hydrogens (primary N) is 1. The maximum Gasteiger partial charge on any atom is 0.229 e. The molecule has 0 spiro atoms. The number of aryl methyl sites for hydroxylation is 1. The van der Waals surface area contributed by atoms with Gasteiger partial charge in [0.1, 0.15) is 5.65 Å². The second-order valence-electron chi connectivity index (χ2n) is 8.96. The fourth-order valence-corrected chi connectivity index (χ4v) is 4.28. The van der Waals surface area contributed by atoms with Crippen LogP contribution in [0.5, 0.6) is 0 Å². The molecule has 2 aromatic carbocycles. The fraction of sp³-hybridized carbons (Fsp3) is 0.231. The van der Waals surface area contributed by atoms with Crippen LogP contribution >= 0.6 is 0 Å². The molecule has 5 rings (SSSR count). The SMILES string of the molecule is Cc1cccc2c(-c3nc(Nc4ccc(N(C)CCN(C)C)c(N)c4)nc4[nH]ccc34)c[nH]c12. The highest BCUT2D eigenvalue weighted by atomic mass is 15.2. The summed E-state index contributed by atoms with van der Waals surface area (Å²) in [6.07, 6.45) is 3.91. The number of hydrogen-bond acceptors (Lipinski definition) is 6. The minimum atomic E-state index is 0.514. The molecule has 5 N–H and O–H groups in total. The third-order valence-corrected chi connectivity index (χ3v) is 6.17. The smallest absolute Gasteiger partial charge is 0.229 e. The van der Waals surface area contributed by atoms with E-state index in [0.717, 1.165) is 57.7 Å². The molecule has 0 aliphatic carbocycles. The van der Waals surface area contributed by atoms with E-state index in [1.54, 1.807) is 0 Å². The molecule has 0 atom stereocenters. The molecule has 0 fully saturated rings. The first-order valence-electron chi connectivity index (χ1n) is 11.4. The number of para-hydroxylation sites is 1. The Bertz CT molecular complexity index is 1460. The maximum atomic E-state index is 6.39. The van der Waals surface area contributed by atoms with Gasteiger partial charge in [-0.3, -0.25) is 0 Å². The van der Waals surface area contributed by atoms with Crippen LogP contribution in [0.15, 0.2) is 54.9 Å². The van der Waals surface area contributed by atoms with Crippen LogP contribution in [0, 0.1) is 6.92 Å². The summed E-state index contributed by atoms with van der Waals surface area (Å²) >= 11 is 0. The number of nitrogen functional groups attached to an aromatic ring is 1. The largest absolute Gasteiger partial charge is 0.397 e. The van der Waals surface area contributed by atoms with Gasteiger partial charge in [0, 0.05) is 60.1 Å². The van der Waals surface area contributed by atoms with E-state index in [1.165, 1.54) is 5.56 Å². The summed E-state index contributed by atoms with van der Waals surface area (Å²) in [6, 6.07) is 14.3. The molecular weight excluding hydrogens is 424 g/mol. The first-order chi connectivity index (χ1) is 16.4. The summed E-state index contributed by atoms with van der Waals surface area (Å²) in [5, 5.41) is 5.46. The Morgan fingerprint density at radius 1 is 0.971 bits per heavy atom. The van der Waals surface area contributed by atoms with Gasteiger partial charge >= 0.3 is 0 Å². The minimum absolute atomic E-state index is 0.514. The van der Waals surface area contributed by atoms with Crippen molar-refractivity contribution in [1.29, 1.82) is 0 Å². The Morgan fingerprint density at radius 2 is 1.82 bits per heavy atom. The van der Waals surface area contributed by atoms with E-state index < -0.39 is 0 Å². The molecule has 0 unspecified atom stereocenters. The third kappa shape index (κ3) is 4.04. The van der Waals surface area contributed by atoms with Gasteiger partial charge in [-0.05, 0) is 50.8 Å². The molecule has 0 aliphatic heterocycles. The average molecular weight is 455 g/mol. The molecule has 3 aromatic heterocycles. The topological polar surface area (TPSA) is 102 Å². The van der Waals surface area contributed by atoms with Crippen molar-refractivity contribution in [2.45, 2.75) is 6.92 Å². The van der Waals surface area contributed by atoms with Crippen molar-refractivity contribution in [2.24, 2.45) is 0 Å². The molecule has 0 amide bonds. The zero-order chi connectivity index (χ0) is 23.8. The molecule has 0 bridgehead atoms. The maximum absolute atomic E-state index is 6.39. The predicted molar refractivity (Wildman–Crippen MR) is 142 cm³/mol. The Kier molecular flexibility index (Phi) is 5.59. The molecule has 0 saturated heterocycles. The molecule has 0 radical (unpaired) electrons. The number of H-pyrrole nitrogens is 2. The number of fused-ring (bicyclic) bond motifs is 2. The number of rotatable bonds is 7. The summed E-state index contributed by atoms with van der Waals surface area (Å²) in [4.78, 5) is 20.6.